The van der Waals surface area contributed by atoms with Crippen LogP contribution in [-0.4, -0.2) is 34.5 Å². The van der Waals surface area contributed by atoms with Gasteiger partial charge in [0.1, 0.15) is 5.92 Å². The number of benzene rings is 1. The lowest BCUT2D eigenvalue weighted by molar-refractivity contribution is -0.119. The molecule has 4 rings (SSSR count). The van der Waals surface area contributed by atoms with Crippen molar-refractivity contribution in [3.05, 3.63) is 24.3 Å². The van der Waals surface area contributed by atoms with E-state index in [1.807, 2.05) is 6.07 Å². The average molecular weight is 394 g/mol. The third-order valence-corrected chi connectivity index (χ3v) is 5.83. The van der Waals surface area contributed by atoms with Gasteiger partial charge in [0.05, 0.1) is 10.2 Å². The Balaban J connectivity index is 1.72. The highest BCUT2D eigenvalue weighted by Gasteiger charge is 2.52. The van der Waals surface area contributed by atoms with Crippen LogP contribution in [0.25, 0.3) is 10.2 Å². The van der Waals surface area contributed by atoms with E-state index in [2.05, 4.69) is 15.1 Å². The fraction of sp³-hybridized carbons (Fsp3) is 0.444. The molecule has 9 heteroatoms. The van der Waals surface area contributed by atoms with Gasteiger partial charge in [-0.25, -0.2) is 4.98 Å². The van der Waals surface area contributed by atoms with Crippen molar-refractivity contribution < 1.29 is 18.0 Å². The molecular weight excluding hydrogens is 377 g/mol. The predicted molar refractivity (Wildman–Crippen MR) is 99.5 cm³/mol. The maximum atomic E-state index is 13.6. The van der Waals surface area contributed by atoms with Gasteiger partial charge in [0.2, 0.25) is 5.13 Å². The lowest BCUT2D eigenvalue weighted by Gasteiger charge is -2.15. The second-order valence-electron chi connectivity index (χ2n) is 6.74. The molecule has 1 aromatic carbocycles. The smallest absolute Gasteiger partial charge is 0.290 e. The Kier molecular flexibility index (Phi) is 4.49. The minimum atomic E-state index is -4.71. The van der Waals surface area contributed by atoms with Gasteiger partial charge in [-0.05, 0) is 31.9 Å². The predicted octanol–water partition coefficient (Wildman–Crippen LogP) is 4.58. The second kappa shape index (κ2) is 6.70. The summed E-state index contributed by atoms with van der Waals surface area (Å²) in [7, 11) is 0. The van der Waals surface area contributed by atoms with Gasteiger partial charge in [0, 0.05) is 11.8 Å². The van der Waals surface area contributed by atoms with Crippen LogP contribution in [0.4, 0.5) is 18.3 Å². The molecule has 0 N–H and O–H groups in total. The van der Waals surface area contributed by atoms with Crippen molar-refractivity contribution in [3.63, 3.8) is 0 Å². The molecule has 1 aliphatic carbocycles. The van der Waals surface area contributed by atoms with E-state index in [1.165, 1.54) is 6.92 Å². The van der Waals surface area contributed by atoms with Crippen LogP contribution in [0.5, 0.6) is 0 Å². The lowest BCUT2D eigenvalue weighted by atomic mass is 9.97. The zero-order chi connectivity index (χ0) is 19.2. The van der Waals surface area contributed by atoms with E-state index < -0.39 is 23.7 Å². The number of alkyl halides is 3. The molecule has 2 aromatic rings. The lowest BCUT2D eigenvalue weighted by Crippen LogP contribution is -2.38. The zero-order valence-corrected chi connectivity index (χ0v) is 15.3. The maximum Gasteiger partial charge on any atom is 0.432 e. The van der Waals surface area contributed by atoms with Crippen LogP contribution < -0.4 is 5.01 Å². The first-order valence-corrected chi connectivity index (χ1v) is 9.56. The molecule has 1 atom stereocenters. The molecular formula is C18H17F3N4OS. The molecule has 1 amide bonds. The van der Waals surface area contributed by atoms with Gasteiger partial charge in [0.25, 0.3) is 5.91 Å². The van der Waals surface area contributed by atoms with Gasteiger partial charge in [-0.2, -0.15) is 23.3 Å². The summed E-state index contributed by atoms with van der Waals surface area (Å²) in [5, 5.41) is 4.55. The number of hydrogen-bond donors (Lipinski definition) is 0. The average Bonchev–Trinajstić information content (AvgIpc) is 3.31. The van der Waals surface area contributed by atoms with Gasteiger partial charge in [-0.15, -0.1) is 0 Å². The molecule has 1 aromatic heterocycles. The maximum absolute atomic E-state index is 13.6. The van der Waals surface area contributed by atoms with E-state index in [1.54, 1.807) is 18.2 Å². The number of carbonyl (C=O) groups is 1. The minimum Gasteiger partial charge on any atom is -0.290 e. The summed E-state index contributed by atoms with van der Waals surface area (Å²) in [5.74, 6) is -2.25. The molecule has 142 valence electrons. The summed E-state index contributed by atoms with van der Waals surface area (Å²) in [5.41, 5.74) is -0.327. The number of para-hydroxylation sites is 1. The topological polar surface area (TPSA) is 57.9 Å². The summed E-state index contributed by atoms with van der Waals surface area (Å²) < 4.78 is 41.5. The Labute approximate surface area is 157 Å². The van der Waals surface area contributed by atoms with Crippen molar-refractivity contribution in [3.8, 4) is 0 Å². The number of aliphatic imine (C=N–C) groups is 1. The van der Waals surface area contributed by atoms with Gasteiger partial charge < -0.3 is 0 Å². The van der Waals surface area contributed by atoms with Crippen LogP contribution in [0.2, 0.25) is 0 Å². The molecule has 2 aliphatic rings. The van der Waals surface area contributed by atoms with E-state index in [9.17, 15) is 18.0 Å². The zero-order valence-electron chi connectivity index (χ0n) is 14.5. The minimum absolute atomic E-state index is 0.0104. The third kappa shape index (κ3) is 3.36. The molecule has 1 saturated carbocycles. The van der Waals surface area contributed by atoms with E-state index >= 15 is 0 Å². The number of nitrogens with zero attached hydrogens (tertiary/aromatic N) is 4. The first kappa shape index (κ1) is 18.1. The monoisotopic (exact) mass is 394 g/mol. The van der Waals surface area contributed by atoms with E-state index in [-0.39, 0.29) is 16.9 Å². The summed E-state index contributed by atoms with van der Waals surface area (Å²) in [6.45, 7) is 1.49. The normalized spacial score (nSPS) is 22.1. The number of fused-ring (bicyclic) bond motifs is 1. The molecule has 0 saturated heterocycles. The van der Waals surface area contributed by atoms with Crippen LogP contribution in [0.15, 0.2) is 34.4 Å². The third-order valence-electron chi connectivity index (χ3n) is 4.82. The number of amides is 1. The number of aromatic nitrogens is 1. The Morgan fingerprint density at radius 1 is 1.26 bits per heavy atom. The Bertz CT molecular complexity index is 910. The van der Waals surface area contributed by atoms with Crippen LogP contribution >= 0.6 is 11.3 Å². The highest BCUT2D eigenvalue weighted by Crippen LogP contribution is 2.36. The van der Waals surface area contributed by atoms with Gasteiger partial charge >= 0.3 is 6.18 Å². The number of halogens is 3. The van der Waals surface area contributed by atoms with Crippen molar-refractivity contribution in [1.82, 2.24) is 4.98 Å². The van der Waals surface area contributed by atoms with Gasteiger partial charge in [0.15, 0.2) is 5.71 Å². The molecule has 2 heterocycles. The summed E-state index contributed by atoms with van der Waals surface area (Å²) in [6, 6.07) is 7.12. The number of thiazole rings is 1. The van der Waals surface area contributed by atoms with Crippen molar-refractivity contribution >= 4 is 44.0 Å². The first-order valence-electron chi connectivity index (χ1n) is 8.74. The SMILES string of the molecule is CC(=NC1CCCC1)C1C(=O)N(c2nc3ccccc3s2)N=C1C(F)(F)F. The second-order valence-corrected chi connectivity index (χ2v) is 7.75. The highest BCUT2D eigenvalue weighted by atomic mass is 32.1. The molecule has 27 heavy (non-hydrogen) atoms. The van der Waals surface area contributed by atoms with E-state index in [4.69, 9.17) is 0 Å². The van der Waals surface area contributed by atoms with Gasteiger partial charge in [-0.1, -0.05) is 36.3 Å². The van der Waals surface area contributed by atoms with Crippen molar-refractivity contribution in [2.45, 2.75) is 44.8 Å². The molecule has 0 spiro atoms. The van der Waals surface area contributed by atoms with Crippen LogP contribution in [-0.2, 0) is 4.79 Å². The van der Waals surface area contributed by atoms with Crippen molar-refractivity contribution in [1.29, 1.82) is 0 Å². The quantitative estimate of drug-likeness (QED) is 0.716. The number of hydrogen-bond acceptors (Lipinski definition) is 5. The van der Waals surface area contributed by atoms with E-state index in [0.717, 1.165) is 46.7 Å². The first-order chi connectivity index (χ1) is 12.8. The molecule has 0 bridgehead atoms. The number of anilines is 1. The van der Waals surface area contributed by atoms with Crippen LogP contribution in [0.3, 0.4) is 0 Å². The summed E-state index contributed by atoms with van der Waals surface area (Å²) >= 11 is 1.14. The summed E-state index contributed by atoms with van der Waals surface area (Å²) in [4.78, 5) is 21.5. The molecule has 0 radical (unpaired) electrons. The van der Waals surface area contributed by atoms with E-state index in [0.29, 0.717) is 5.52 Å². The molecule has 5 nitrogen and oxygen atoms in total. The largest absolute Gasteiger partial charge is 0.432 e. The van der Waals surface area contributed by atoms with Crippen LogP contribution in [0.1, 0.15) is 32.6 Å². The van der Waals surface area contributed by atoms with Crippen molar-refractivity contribution in [2.75, 3.05) is 5.01 Å². The fourth-order valence-electron chi connectivity index (χ4n) is 3.53. The Hall–Kier alpha value is -2.29. The standard InChI is InChI=1S/C18H17F3N4OS/c1-10(22-11-6-2-3-7-11)14-15(18(19,20)21)24-25(16(14)26)17-23-12-8-4-5-9-13(12)27-17/h4-5,8-9,11,14H,2-3,6-7H2,1H3. The molecule has 1 aliphatic heterocycles. The highest BCUT2D eigenvalue weighted by molar-refractivity contribution is 7.22. The Morgan fingerprint density at radius 2 is 1.96 bits per heavy atom. The number of hydrazone groups is 1. The fourth-order valence-corrected chi connectivity index (χ4v) is 4.46. The molecule has 1 unspecified atom stereocenters. The van der Waals surface area contributed by atoms with Crippen LogP contribution in [0, 0.1) is 5.92 Å². The summed E-state index contributed by atoms with van der Waals surface area (Å²) in [6.07, 6.45) is -0.995. The van der Waals surface area contributed by atoms with Gasteiger partial charge in [-0.3, -0.25) is 9.79 Å². The Morgan fingerprint density at radius 3 is 2.63 bits per heavy atom. The number of rotatable bonds is 3. The van der Waals surface area contributed by atoms with Crippen molar-refractivity contribution in [2.24, 2.45) is 16.0 Å². The number of carbonyl (C=O) groups excluding carboxylic acids is 1. The molecule has 1 fully saturated rings.